The monoisotopic (exact) mass is 85.1 g/mol. The van der Waals surface area contributed by atoms with Gasteiger partial charge in [0.05, 0.1) is 0 Å². The van der Waals surface area contributed by atoms with Gasteiger partial charge in [-0.15, -0.1) is 0 Å². The Kier molecular flexibility index (Phi) is 37.3. The van der Waals surface area contributed by atoms with Gasteiger partial charge in [0.2, 0.25) is 0 Å². The third-order valence-electron chi connectivity index (χ3n) is 0.500. The van der Waals surface area contributed by atoms with E-state index in [-0.39, 0.29) is 0 Å². The number of nitrogens with one attached hydrogen (secondary N) is 1. The molecule has 0 aromatic heterocycles. The van der Waals surface area contributed by atoms with E-state index in [1.807, 2.05) is 0 Å². The van der Waals surface area contributed by atoms with E-state index in [0.29, 0.717) is 0 Å². The predicted octanol–water partition coefficient (Wildman–Crippen LogP) is 0.152. The summed E-state index contributed by atoms with van der Waals surface area (Å²) in [5, 5.41) is 5.00. The summed E-state index contributed by atoms with van der Waals surface area (Å²) in [6, 6.07) is 0. The van der Waals surface area contributed by atoms with Crippen LogP contribution in [0.3, 0.4) is 0 Å². The summed E-state index contributed by atoms with van der Waals surface area (Å²) in [5.74, 6) is 0. The van der Waals surface area contributed by atoms with Crippen molar-refractivity contribution in [3.63, 3.8) is 0 Å². The molecular formula is C5H11N. The predicted molar refractivity (Wildman–Crippen MR) is 24.8 cm³/mol. The summed E-state index contributed by atoms with van der Waals surface area (Å²) in [5.41, 5.74) is 0. The van der Waals surface area contributed by atoms with Crippen molar-refractivity contribution in [3.05, 3.63) is 6.57 Å². The van der Waals surface area contributed by atoms with E-state index < -0.39 is 0 Å². The van der Waals surface area contributed by atoms with Gasteiger partial charge in [0.1, 0.15) is 0 Å². The van der Waals surface area contributed by atoms with Gasteiger partial charge in [0.25, 0.3) is 0 Å². The lowest BCUT2D eigenvalue weighted by atomic mass is 10.4. The zero-order chi connectivity index (χ0) is 5.41. The van der Waals surface area contributed by atoms with Crippen molar-refractivity contribution in [2.75, 3.05) is 0 Å². The summed E-state index contributed by atoms with van der Waals surface area (Å²) >= 11 is 0. The van der Waals surface area contributed by atoms with Gasteiger partial charge in [0, 0.05) is 0 Å². The fraction of sp³-hybridized carbons (Fsp3) is 0.800. The van der Waals surface area contributed by atoms with Crippen molar-refractivity contribution in [2.24, 2.45) is 0 Å². The molecule has 0 unspecified atom stereocenters. The van der Waals surface area contributed by atoms with E-state index in [1.54, 1.807) is 0 Å². The summed E-state index contributed by atoms with van der Waals surface area (Å²) in [6.45, 7) is 9.36. The van der Waals surface area contributed by atoms with Crippen LogP contribution in [-0.4, -0.2) is 0 Å². The Bertz CT molecular complexity index is 20.4. The highest BCUT2D eigenvalue weighted by atomic mass is 14.2. The minimum absolute atomic E-state index is 1.32. The molecule has 0 aromatic rings. The SMILES string of the molecule is CCCC.[C-]#[NH+]. The molecular weight excluding hydrogens is 74.1 g/mol. The van der Waals surface area contributed by atoms with Gasteiger partial charge in [-0.05, 0) is 0 Å². The Morgan fingerprint density at radius 2 is 1.33 bits per heavy atom. The van der Waals surface area contributed by atoms with Crippen LogP contribution in [-0.2, 0) is 0 Å². The van der Waals surface area contributed by atoms with Crippen LogP contribution < -0.4 is 5.26 Å². The fourth-order valence-corrected chi connectivity index (χ4v) is 0. The van der Waals surface area contributed by atoms with E-state index in [4.69, 9.17) is 11.8 Å². The highest BCUT2D eigenvalue weighted by Gasteiger charge is 1.56. The molecule has 6 heavy (non-hydrogen) atoms. The van der Waals surface area contributed by atoms with Crippen LogP contribution in [0.1, 0.15) is 26.7 Å². The van der Waals surface area contributed by atoms with Crippen molar-refractivity contribution in [1.82, 2.24) is 0 Å². The molecule has 0 heterocycles. The molecule has 0 aliphatic carbocycles. The topological polar surface area (TPSA) is 23.8 Å². The molecule has 0 saturated carbocycles. The van der Waals surface area contributed by atoms with Gasteiger partial charge in [-0.25, -0.2) is 6.57 Å². The molecule has 0 aromatic carbocycles. The highest BCUT2D eigenvalue weighted by molar-refractivity contribution is 4.12. The summed E-state index contributed by atoms with van der Waals surface area (Å²) in [4.78, 5) is 0. The first-order valence-electron chi connectivity index (χ1n) is 2.16. The van der Waals surface area contributed by atoms with Gasteiger partial charge in [-0.1, -0.05) is 26.7 Å². The standard InChI is InChI=1S/C4H10.CHN/c1-3-4-2;1-2/h3-4H2,1-2H3;2H. The van der Waals surface area contributed by atoms with Crippen LogP contribution in [0.5, 0.6) is 0 Å². The summed E-state index contributed by atoms with van der Waals surface area (Å²) < 4.78 is 0. The van der Waals surface area contributed by atoms with E-state index >= 15 is 0 Å². The van der Waals surface area contributed by atoms with Crippen molar-refractivity contribution in [3.8, 4) is 0 Å². The van der Waals surface area contributed by atoms with Crippen LogP contribution in [0.15, 0.2) is 0 Å². The molecule has 0 saturated heterocycles. The van der Waals surface area contributed by atoms with Gasteiger partial charge >= 0.3 is 0 Å². The second-order valence-corrected chi connectivity index (χ2v) is 1.000. The molecule has 0 radical (unpaired) electrons. The summed E-state index contributed by atoms with van der Waals surface area (Å²) in [6.07, 6.45) is 2.64. The van der Waals surface area contributed by atoms with Gasteiger partial charge in [0.15, 0.2) is 0 Å². The lowest BCUT2D eigenvalue weighted by molar-refractivity contribution is -0.0997. The maximum absolute atomic E-state index is 5.00. The van der Waals surface area contributed by atoms with Crippen LogP contribution in [0, 0.1) is 6.57 Å². The zero-order valence-electron chi connectivity index (χ0n) is 4.41. The fourth-order valence-electron chi connectivity index (χ4n) is 0. The highest BCUT2D eigenvalue weighted by Crippen LogP contribution is 1.76. The second-order valence-electron chi connectivity index (χ2n) is 1.000. The maximum Gasteiger partial charge on any atom is -0.0564 e. The van der Waals surface area contributed by atoms with Crippen LogP contribution >= 0.6 is 0 Å². The lowest BCUT2D eigenvalue weighted by Gasteiger charge is -1.68. The van der Waals surface area contributed by atoms with E-state index in [2.05, 4.69) is 13.8 Å². The molecule has 1 nitrogen and oxygen atoms in total. The van der Waals surface area contributed by atoms with Gasteiger partial charge < -0.3 is 5.26 Å². The first-order chi connectivity index (χ1) is 2.91. The van der Waals surface area contributed by atoms with E-state index in [0.717, 1.165) is 0 Å². The largest absolute Gasteiger partial charge is 0.335 e. The minimum Gasteiger partial charge on any atom is -0.335 e. The Hall–Kier alpha value is -0.510. The lowest BCUT2D eigenvalue weighted by Crippen LogP contribution is -2.10. The molecule has 1 N–H and O–H groups in total. The van der Waals surface area contributed by atoms with Crippen LogP contribution in [0.25, 0.3) is 0 Å². The average Bonchev–Trinajstić information content (AvgIpc) is 1.72. The van der Waals surface area contributed by atoms with E-state index in [1.165, 1.54) is 12.8 Å². The molecule has 36 valence electrons. The Labute approximate surface area is 39.6 Å². The molecule has 0 aliphatic heterocycles. The van der Waals surface area contributed by atoms with Crippen LogP contribution in [0.4, 0.5) is 0 Å². The number of hydrogen-bond acceptors (Lipinski definition) is 0. The van der Waals surface area contributed by atoms with Gasteiger partial charge in [-0.2, -0.15) is 0 Å². The molecule has 0 fully saturated rings. The molecule has 0 atom stereocenters. The Morgan fingerprint density at radius 1 is 1.17 bits per heavy atom. The number of hydrogen-bond donors (Lipinski definition) is 1. The smallest absolute Gasteiger partial charge is 0.0564 e. The first-order valence-corrected chi connectivity index (χ1v) is 2.16. The normalized spacial score (nSPS) is 5.33. The third-order valence-corrected chi connectivity index (χ3v) is 0.500. The van der Waals surface area contributed by atoms with Crippen LogP contribution in [0.2, 0.25) is 0 Å². The molecule has 0 spiro atoms. The number of unbranched alkanes of at least 4 members (excludes halogenated alkanes) is 1. The second kappa shape index (κ2) is 24.6. The molecule has 0 rings (SSSR count). The first kappa shape index (κ1) is 9.09. The van der Waals surface area contributed by atoms with Gasteiger partial charge in [-0.3, -0.25) is 0 Å². The maximum atomic E-state index is 5.00. The minimum atomic E-state index is 1.32. The molecule has 0 aliphatic rings. The quantitative estimate of drug-likeness (QED) is 0.438. The molecule has 0 bridgehead atoms. The molecule has 1 heteroatoms. The van der Waals surface area contributed by atoms with Crippen molar-refractivity contribution in [2.45, 2.75) is 26.7 Å². The van der Waals surface area contributed by atoms with Crippen molar-refractivity contribution < 1.29 is 5.26 Å². The van der Waals surface area contributed by atoms with Crippen molar-refractivity contribution >= 4 is 0 Å². The Balaban J connectivity index is 0. The number of rotatable bonds is 1. The third kappa shape index (κ3) is 90.1. The van der Waals surface area contributed by atoms with E-state index in [9.17, 15) is 0 Å². The molecule has 0 amide bonds. The Morgan fingerprint density at radius 3 is 1.33 bits per heavy atom. The van der Waals surface area contributed by atoms with Crippen molar-refractivity contribution in [1.29, 1.82) is 0 Å². The summed E-state index contributed by atoms with van der Waals surface area (Å²) in [7, 11) is 0. The zero-order valence-corrected chi connectivity index (χ0v) is 4.41. The average molecular weight is 85.1 g/mol.